The minimum absolute atomic E-state index is 0.0822. The Morgan fingerprint density at radius 2 is 1.27 bits per heavy atom. The van der Waals surface area contributed by atoms with Crippen LogP contribution in [0, 0.1) is 17.2 Å². The Balaban J connectivity index is 2.03. The van der Waals surface area contributed by atoms with Crippen LogP contribution in [0.15, 0.2) is 36.4 Å². The third-order valence-corrected chi connectivity index (χ3v) is 4.34. The van der Waals surface area contributed by atoms with E-state index in [4.69, 9.17) is 18.9 Å². The SMILES string of the molecule is COc1ccc(CCC(C#N)Cc2ccc(OC)c(OC)c2)cc1OC. The molecule has 2 aromatic carbocycles. The average Bonchev–Trinajstić information content (AvgIpc) is 2.70. The molecule has 0 saturated carbocycles. The third kappa shape index (κ3) is 4.82. The van der Waals surface area contributed by atoms with Crippen LogP contribution in [0.2, 0.25) is 0 Å². The molecule has 1 unspecified atom stereocenters. The molecule has 138 valence electrons. The van der Waals surface area contributed by atoms with E-state index in [0.717, 1.165) is 24.0 Å². The molecule has 5 nitrogen and oxygen atoms in total. The van der Waals surface area contributed by atoms with Crippen molar-refractivity contribution < 1.29 is 18.9 Å². The maximum Gasteiger partial charge on any atom is 0.160 e. The molecule has 0 aromatic heterocycles. The molecule has 0 heterocycles. The molecule has 5 heteroatoms. The minimum Gasteiger partial charge on any atom is -0.493 e. The second kappa shape index (κ2) is 9.57. The van der Waals surface area contributed by atoms with E-state index in [1.54, 1.807) is 28.4 Å². The Morgan fingerprint density at radius 1 is 0.769 bits per heavy atom. The molecule has 0 fully saturated rings. The van der Waals surface area contributed by atoms with Crippen molar-refractivity contribution in [2.24, 2.45) is 5.92 Å². The highest BCUT2D eigenvalue weighted by Crippen LogP contribution is 2.30. The van der Waals surface area contributed by atoms with Crippen LogP contribution in [-0.4, -0.2) is 28.4 Å². The Hall–Kier alpha value is -2.87. The number of rotatable bonds is 9. The van der Waals surface area contributed by atoms with Crippen molar-refractivity contribution in [2.45, 2.75) is 19.3 Å². The summed E-state index contributed by atoms with van der Waals surface area (Å²) in [7, 11) is 6.46. The van der Waals surface area contributed by atoms with Crippen LogP contribution in [0.25, 0.3) is 0 Å². The molecule has 0 saturated heterocycles. The standard InChI is InChI=1S/C21H25NO4/c1-23-18-9-7-15(12-20(18)25-3)5-6-17(14-22)11-16-8-10-19(24-2)21(13-16)26-4/h7-10,12-13,17H,5-6,11H2,1-4H3. The lowest BCUT2D eigenvalue weighted by atomic mass is 9.94. The van der Waals surface area contributed by atoms with E-state index in [1.165, 1.54) is 0 Å². The molecular weight excluding hydrogens is 330 g/mol. The molecule has 0 radical (unpaired) electrons. The summed E-state index contributed by atoms with van der Waals surface area (Å²) in [6.07, 6.45) is 2.23. The molecule has 0 N–H and O–H groups in total. The molecule has 0 aliphatic heterocycles. The van der Waals surface area contributed by atoms with Crippen molar-refractivity contribution in [1.29, 1.82) is 5.26 Å². The van der Waals surface area contributed by atoms with Crippen molar-refractivity contribution in [3.05, 3.63) is 47.5 Å². The summed E-state index contributed by atoms with van der Waals surface area (Å²) in [6.45, 7) is 0. The second-order valence-corrected chi connectivity index (χ2v) is 5.95. The third-order valence-electron chi connectivity index (χ3n) is 4.34. The van der Waals surface area contributed by atoms with Crippen molar-refractivity contribution >= 4 is 0 Å². The van der Waals surface area contributed by atoms with Gasteiger partial charge in [-0.15, -0.1) is 0 Å². The van der Waals surface area contributed by atoms with Gasteiger partial charge < -0.3 is 18.9 Å². The van der Waals surface area contributed by atoms with Crippen molar-refractivity contribution in [1.82, 2.24) is 0 Å². The highest BCUT2D eigenvalue weighted by molar-refractivity contribution is 5.44. The van der Waals surface area contributed by atoms with E-state index >= 15 is 0 Å². The number of benzene rings is 2. The first-order valence-electron chi connectivity index (χ1n) is 8.46. The smallest absolute Gasteiger partial charge is 0.160 e. The number of nitrogens with zero attached hydrogens (tertiary/aromatic N) is 1. The maximum atomic E-state index is 9.52. The van der Waals surface area contributed by atoms with Gasteiger partial charge in [0.05, 0.1) is 40.4 Å². The van der Waals surface area contributed by atoms with Gasteiger partial charge >= 0.3 is 0 Å². The number of aryl methyl sites for hydroxylation is 1. The van der Waals surface area contributed by atoms with Gasteiger partial charge in [-0.1, -0.05) is 12.1 Å². The number of nitriles is 1. The summed E-state index contributed by atoms with van der Waals surface area (Å²) in [5.74, 6) is 2.70. The van der Waals surface area contributed by atoms with E-state index in [9.17, 15) is 5.26 Å². The molecule has 0 bridgehead atoms. The predicted octanol–water partition coefficient (Wildman–Crippen LogP) is 4.04. The summed E-state index contributed by atoms with van der Waals surface area (Å²) in [6, 6.07) is 14.0. The van der Waals surface area contributed by atoms with Crippen molar-refractivity contribution in [3.63, 3.8) is 0 Å². The fourth-order valence-corrected chi connectivity index (χ4v) is 2.88. The lowest BCUT2D eigenvalue weighted by Crippen LogP contribution is -2.05. The van der Waals surface area contributed by atoms with E-state index in [-0.39, 0.29) is 5.92 Å². The number of methoxy groups -OCH3 is 4. The minimum atomic E-state index is -0.0822. The van der Waals surface area contributed by atoms with E-state index in [0.29, 0.717) is 29.4 Å². The van der Waals surface area contributed by atoms with Gasteiger partial charge in [-0.25, -0.2) is 0 Å². The number of hydrogen-bond acceptors (Lipinski definition) is 5. The lowest BCUT2D eigenvalue weighted by Gasteiger charge is -2.13. The Morgan fingerprint density at radius 3 is 1.77 bits per heavy atom. The first-order valence-corrected chi connectivity index (χ1v) is 8.46. The first kappa shape index (κ1) is 19.5. The highest BCUT2D eigenvalue weighted by atomic mass is 16.5. The van der Waals surface area contributed by atoms with E-state index < -0.39 is 0 Å². The zero-order chi connectivity index (χ0) is 18.9. The predicted molar refractivity (Wildman–Crippen MR) is 100 cm³/mol. The summed E-state index contributed by atoms with van der Waals surface area (Å²) in [5, 5.41) is 9.52. The normalized spacial score (nSPS) is 11.3. The molecule has 26 heavy (non-hydrogen) atoms. The fourth-order valence-electron chi connectivity index (χ4n) is 2.88. The van der Waals surface area contributed by atoms with E-state index in [2.05, 4.69) is 6.07 Å². The summed E-state index contributed by atoms with van der Waals surface area (Å²) >= 11 is 0. The van der Waals surface area contributed by atoms with Gasteiger partial charge in [0.15, 0.2) is 23.0 Å². The van der Waals surface area contributed by atoms with E-state index in [1.807, 2.05) is 36.4 Å². The molecule has 2 rings (SSSR count). The molecule has 0 aliphatic rings. The monoisotopic (exact) mass is 355 g/mol. The first-order chi connectivity index (χ1) is 12.6. The average molecular weight is 355 g/mol. The van der Waals surface area contributed by atoms with Crippen LogP contribution >= 0.6 is 0 Å². The summed E-state index contributed by atoms with van der Waals surface area (Å²) in [5.41, 5.74) is 2.18. The van der Waals surface area contributed by atoms with Crippen LogP contribution < -0.4 is 18.9 Å². The Bertz CT molecular complexity index is 767. The molecule has 0 amide bonds. The van der Waals surface area contributed by atoms with Crippen molar-refractivity contribution in [3.8, 4) is 29.1 Å². The van der Waals surface area contributed by atoms with Crippen LogP contribution in [0.3, 0.4) is 0 Å². The maximum absolute atomic E-state index is 9.52. The molecule has 2 aromatic rings. The quantitative estimate of drug-likeness (QED) is 0.679. The summed E-state index contributed by atoms with van der Waals surface area (Å²) < 4.78 is 21.2. The Kier molecular flexibility index (Phi) is 7.16. The van der Waals surface area contributed by atoms with Gasteiger partial charge in [-0.05, 0) is 54.7 Å². The van der Waals surface area contributed by atoms with Gasteiger partial charge in [0.2, 0.25) is 0 Å². The lowest BCUT2D eigenvalue weighted by molar-refractivity contribution is 0.354. The number of ether oxygens (including phenoxy) is 4. The zero-order valence-electron chi connectivity index (χ0n) is 15.7. The van der Waals surface area contributed by atoms with Gasteiger partial charge in [0, 0.05) is 0 Å². The van der Waals surface area contributed by atoms with Gasteiger partial charge in [0.1, 0.15) is 0 Å². The number of hydrogen-bond donors (Lipinski definition) is 0. The topological polar surface area (TPSA) is 60.7 Å². The van der Waals surface area contributed by atoms with Crippen LogP contribution in [0.5, 0.6) is 23.0 Å². The summed E-state index contributed by atoms with van der Waals surface area (Å²) in [4.78, 5) is 0. The highest BCUT2D eigenvalue weighted by Gasteiger charge is 2.13. The molecule has 0 aliphatic carbocycles. The van der Waals surface area contributed by atoms with Gasteiger partial charge in [-0.3, -0.25) is 0 Å². The van der Waals surface area contributed by atoms with Crippen LogP contribution in [0.1, 0.15) is 17.5 Å². The molecule has 0 spiro atoms. The molecule has 1 atom stereocenters. The van der Waals surface area contributed by atoms with Gasteiger partial charge in [0.25, 0.3) is 0 Å². The zero-order valence-corrected chi connectivity index (χ0v) is 15.7. The second-order valence-electron chi connectivity index (χ2n) is 5.95. The van der Waals surface area contributed by atoms with Crippen LogP contribution in [-0.2, 0) is 12.8 Å². The Labute approximate surface area is 155 Å². The van der Waals surface area contributed by atoms with Crippen LogP contribution in [0.4, 0.5) is 0 Å². The fraction of sp³-hybridized carbons (Fsp3) is 0.381. The largest absolute Gasteiger partial charge is 0.493 e. The molecular formula is C21H25NO4. The van der Waals surface area contributed by atoms with Gasteiger partial charge in [-0.2, -0.15) is 5.26 Å². The van der Waals surface area contributed by atoms with Crippen molar-refractivity contribution in [2.75, 3.05) is 28.4 Å².